The molecule has 28 heavy (non-hydrogen) atoms. The zero-order valence-electron chi connectivity index (χ0n) is 15.2. The Labute approximate surface area is 159 Å². The zero-order valence-corrected chi connectivity index (χ0v) is 15.2. The smallest absolute Gasteiger partial charge is 0.284 e. The SMILES string of the molecule is CCn1c(Nc2ncc(-c3coc(C(N)=O)c3)n3ncnc23)nc2c1CCC2. The van der Waals surface area contributed by atoms with Crippen LogP contribution in [0.25, 0.3) is 16.9 Å². The minimum atomic E-state index is -0.633. The van der Waals surface area contributed by atoms with Crippen molar-refractivity contribution in [1.82, 2.24) is 29.1 Å². The molecule has 10 heteroatoms. The standard InChI is InChI=1S/C18H18N8O2/c1-2-25-12-5-3-4-11(12)23-18(25)24-16-17-21-9-22-26(17)13(7-20-16)10-6-14(15(19)27)28-8-10/h6-9H,2-5H2,1H3,(H2,19,27)(H,20,23,24). The van der Waals surface area contributed by atoms with Gasteiger partial charge < -0.3 is 20.0 Å². The van der Waals surface area contributed by atoms with Crippen molar-refractivity contribution < 1.29 is 9.21 Å². The van der Waals surface area contributed by atoms with Gasteiger partial charge in [-0.2, -0.15) is 5.10 Å². The van der Waals surface area contributed by atoms with Crippen molar-refractivity contribution in [3.05, 3.63) is 42.0 Å². The molecule has 0 aromatic carbocycles. The van der Waals surface area contributed by atoms with E-state index in [1.807, 2.05) is 0 Å². The number of aromatic nitrogens is 6. The second kappa shape index (κ2) is 6.19. The molecule has 0 aliphatic heterocycles. The van der Waals surface area contributed by atoms with Crippen molar-refractivity contribution in [3.63, 3.8) is 0 Å². The highest BCUT2D eigenvalue weighted by molar-refractivity contribution is 5.91. The van der Waals surface area contributed by atoms with Crippen LogP contribution in [0.3, 0.4) is 0 Å². The number of carbonyl (C=O) groups is 1. The molecule has 1 aliphatic rings. The number of fused-ring (bicyclic) bond motifs is 2. The van der Waals surface area contributed by atoms with E-state index < -0.39 is 5.91 Å². The first-order valence-electron chi connectivity index (χ1n) is 9.08. The van der Waals surface area contributed by atoms with Gasteiger partial charge in [0, 0.05) is 17.8 Å². The number of hydrogen-bond acceptors (Lipinski definition) is 7. The molecule has 1 amide bonds. The summed E-state index contributed by atoms with van der Waals surface area (Å²) in [5.41, 5.74) is 9.52. The minimum absolute atomic E-state index is 0.0740. The largest absolute Gasteiger partial charge is 0.458 e. The summed E-state index contributed by atoms with van der Waals surface area (Å²) in [7, 11) is 0. The molecular weight excluding hydrogens is 360 g/mol. The van der Waals surface area contributed by atoms with Gasteiger partial charge in [0.05, 0.1) is 17.6 Å². The van der Waals surface area contributed by atoms with Gasteiger partial charge in [-0.1, -0.05) is 0 Å². The monoisotopic (exact) mass is 378 g/mol. The van der Waals surface area contributed by atoms with Crippen LogP contribution < -0.4 is 11.1 Å². The number of hydrogen-bond donors (Lipinski definition) is 2. The number of aryl methyl sites for hydroxylation is 1. The fourth-order valence-corrected chi connectivity index (χ4v) is 3.68. The van der Waals surface area contributed by atoms with E-state index in [2.05, 4.69) is 31.9 Å². The Morgan fingerprint density at radius 1 is 1.36 bits per heavy atom. The van der Waals surface area contributed by atoms with Gasteiger partial charge in [-0.25, -0.2) is 19.5 Å². The lowest BCUT2D eigenvalue weighted by atomic mass is 10.2. The van der Waals surface area contributed by atoms with E-state index >= 15 is 0 Å². The lowest BCUT2D eigenvalue weighted by molar-refractivity contribution is 0.0974. The number of nitrogens with zero attached hydrogens (tertiary/aromatic N) is 6. The normalized spacial score (nSPS) is 13.2. The highest BCUT2D eigenvalue weighted by Gasteiger charge is 2.22. The summed E-state index contributed by atoms with van der Waals surface area (Å²) >= 11 is 0. The van der Waals surface area contributed by atoms with Crippen LogP contribution >= 0.6 is 0 Å². The summed E-state index contributed by atoms with van der Waals surface area (Å²) in [5.74, 6) is 0.756. The third-order valence-corrected chi connectivity index (χ3v) is 4.97. The van der Waals surface area contributed by atoms with Gasteiger partial charge in [0.15, 0.2) is 17.2 Å². The maximum atomic E-state index is 11.3. The van der Waals surface area contributed by atoms with Crippen LogP contribution in [0.1, 0.15) is 35.3 Å². The number of furan rings is 1. The number of imidazole rings is 1. The van der Waals surface area contributed by atoms with E-state index in [0.717, 1.165) is 37.4 Å². The molecular formula is C18H18N8O2. The molecule has 0 atom stereocenters. The molecule has 0 saturated heterocycles. The molecule has 0 unspecified atom stereocenters. The molecule has 0 fully saturated rings. The maximum absolute atomic E-state index is 11.3. The molecule has 142 valence electrons. The Bertz CT molecular complexity index is 1200. The first kappa shape index (κ1) is 16.5. The number of amides is 1. The van der Waals surface area contributed by atoms with Crippen LogP contribution in [0.15, 0.2) is 29.3 Å². The van der Waals surface area contributed by atoms with Gasteiger partial charge >= 0.3 is 0 Å². The first-order valence-corrected chi connectivity index (χ1v) is 9.08. The Morgan fingerprint density at radius 2 is 2.25 bits per heavy atom. The average molecular weight is 378 g/mol. The number of nitrogens with one attached hydrogen (secondary N) is 1. The van der Waals surface area contributed by atoms with Crippen LogP contribution in [0.5, 0.6) is 0 Å². The highest BCUT2D eigenvalue weighted by Crippen LogP contribution is 2.29. The van der Waals surface area contributed by atoms with E-state index in [9.17, 15) is 4.79 Å². The summed E-state index contributed by atoms with van der Waals surface area (Å²) in [6.45, 7) is 2.93. The van der Waals surface area contributed by atoms with Crippen molar-refractivity contribution >= 4 is 23.3 Å². The summed E-state index contributed by atoms with van der Waals surface area (Å²) in [6.07, 6.45) is 7.75. The van der Waals surface area contributed by atoms with Gasteiger partial charge in [0.2, 0.25) is 5.95 Å². The van der Waals surface area contributed by atoms with Gasteiger partial charge in [0.1, 0.15) is 12.6 Å². The summed E-state index contributed by atoms with van der Waals surface area (Å²) in [5, 5.41) is 7.59. The Balaban J connectivity index is 1.56. The Morgan fingerprint density at radius 3 is 3.04 bits per heavy atom. The lowest BCUT2D eigenvalue weighted by Crippen LogP contribution is -2.09. The highest BCUT2D eigenvalue weighted by atomic mass is 16.3. The van der Waals surface area contributed by atoms with Crippen LogP contribution in [0, 0.1) is 0 Å². The molecule has 10 nitrogen and oxygen atoms in total. The molecule has 1 aliphatic carbocycles. The van der Waals surface area contributed by atoms with Crippen molar-refractivity contribution in [2.24, 2.45) is 5.73 Å². The van der Waals surface area contributed by atoms with Gasteiger partial charge in [-0.15, -0.1) is 0 Å². The van der Waals surface area contributed by atoms with Crippen LogP contribution in [0.2, 0.25) is 0 Å². The number of anilines is 2. The molecule has 3 N–H and O–H groups in total. The van der Waals surface area contributed by atoms with Crippen molar-refractivity contribution in [2.45, 2.75) is 32.7 Å². The predicted octanol–water partition coefficient (Wildman–Crippen LogP) is 1.93. The zero-order chi connectivity index (χ0) is 19.3. The molecule has 5 rings (SSSR count). The molecule has 4 heterocycles. The molecule has 4 aromatic rings. The van der Waals surface area contributed by atoms with E-state index in [4.69, 9.17) is 15.1 Å². The van der Waals surface area contributed by atoms with Crippen LogP contribution in [0.4, 0.5) is 11.8 Å². The van der Waals surface area contributed by atoms with E-state index in [1.165, 1.54) is 18.3 Å². The van der Waals surface area contributed by atoms with Gasteiger partial charge in [-0.05, 0) is 32.3 Å². The van der Waals surface area contributed by atoms with Crippen molar-refractivity contribution in [3.8, 4) is 11.3 Å². The first-order chi connectivity index (χ1) is 13.7. The molecule has 0 saturated carbocycles. The second-order valence-electron chi connectivity index (χ2n) is 6.60. The second-order valence-corrected chi connectivity index (χ2v) is 6.60. The molecule has 0 spiro atoms. The fourth-order valence-electron chi connectivity index (χ4n) is 3.68. The Hall–Kier alpha value is -3.69. The topological polar surface area (TPSA) is 129 Å². The lowest BCUT2D eigenvalue weighted by Gasteiger charge is -2.11. The summed E-state index contributed by atoms with van der Waals surface area (Å²) in [6, 6.07) is 1.56. The molecule has 0 bridgehead atoms. The van der Waals surface area contributed by atoms with E-state index in [1.54, 1.807) is 16.8 Å². The maximum Gasteiger partial charge on any atom is 0.284 e. The minimum Gasteiger partial charge on any atom is -0.458 e. The Kier molecular flexibility index (Phi) is 3.64. The third-order valence-electron chi connectivity index (χ3n) is 4.97. The van der Waals surface area contributed by atoms with Crippen LogP contribution in [-0.2, 0) is 19.4 Å². The number of nitrogens with two attached hydrogens (primary N) is 1. The van der Waals surface area contributed by atoms with Gasteiger partial charge in [-0.3, -0.25) is 4.79 Å². The van der Waals surface area contributed by atoms with Crippen molar-refractivity contribution in [1.29, 1.82) is 0 Å². The number of carbonyl (C=O) groups excluding carboxylic acids is 1. The van der Waals surface area contributed by atoms with E-state index in [-0.39, 0.29) is 5.76 Å². The predicted molar refractivity (Wildman–Crippen MR) is 100 cm³/mol. The number of rotatable bonds is 5. The molecule has 4 aromatic heterocycles. The summed E-state index contributed by atoms with van der Waals surface area (Å²) < 4.78 is 9.02. The quantitative estimate of drug-likeness (QED) is 0.543. The third kappa shape index (κ3) is 2.45. The molecule has 0 radical (unpaired) electrons. The number of primary amides is 1. The van der Waals surface area contributed by atoms with Gasteiger partial charge in [0.25, 0.3) is 5.91 Å². The van der Waals surface area contributed by atoms with E-state index in [0.29, 0.717) is 22.7 Å². The fraction of sp³-hybridized carbons (Fsp3) is 0.278. The summed E-state index contributed by atoms with van der Waals surface area (Å²) in [4.78, 5) is 24.9. The van der Waals surface area contributed by atoms with Crippen molar-refractivity contribution in [2.75, 3.05) is 5.32 Å². The average Bonchev–Trinajstić information content (AvgIpc) is 3.45. The van der Waals surface area contributed by atoms with Crippen LogP contribution in [-0.4, -0.2) is 35.0 Å².